The van der Waals surface area contributed by atoms with Gasteiger partial charge in [0.15, 0.2) is 16.6 Å². The van der Waals surface area contributed by atoms with Gasteiger partial charge < -0.3 is 15.2 Å². The van der Waals surface area contributed by atoms with Gasteiger partial charge in [0.1, 0.15) is 11.5 Å². The van der Waals surface area contributed by atoms with Crippen LogP contribution in [0.15, 0.2) is 53.6 Å². The van der Waals surface area contributed by atoms with Crippen LogP contribution < -0.4 is 20.6 Å². The number of rotatable bonds is 8. The number of hydrogen-bond donors (Lipinski definition) is 2. The number of benzene rings is 2. The van der Waals surface area contributed by atoms with Gasteiger partial charge in [0.25, 0.3) is 5.91 Å². The molecule has 0 aliphatic carbocycles. The highest BCUT2D eigenvalue weighted by Crippen LogP contribution is 2.28. The Morgan fingerprint density at radius 3 is 2.76 bits per heavy atom. The Hall–Kier alpha value is -3.39. The lowest BCUT2D eigenvalue weighted by atomic mass is 10.2. The van der Waals surface area contributed by atoms with Gasteiger partial charge in [-0.05, 0) is 35.7 Å². The van der Waals surface area contributed by atoms with Gasteiger partial charge in [0.2, 0.25) is 0 Å². The molecule has 3 rings (SSSR count). The Kier molecular flexibility index (Phi) is 6.80. The maximum absolute atomic E-state index is 12.3. The number of carbonyl (C=O) groups excluding carboxylic acids is 1. The van der Waals surface area contributed by atoms with E-state index in [0.717, 1.165) is 22.5 Å². The van der Waals surface area contributed by atoms with Crippen molar-refractivity contribution in [1.82, 2.24) is 10.4 Å². The van der Waals surface area contributed by atoms with Crippen LogP contribution in [0.3, 0.4) is 0 Å². The lowest BCUT2D eigenvalue weighted by molar-refractivity contribution is 0.0958. The summed E-state index contributed by atoms with van der Waals surface area (Å²) in [7, 11) is 1.58. The van der Waals surface area contributed by atoms with Gasteiger partial charge in [-0.2, -0.15) is 5.10 Å². The topological polar surface area (TPSA) is 98.8 Å². The van der Waals surface area contributed by atoms with Crippen molar-refractivity contribution in [2.75, 3.05) is 12.8 Å². The van der Waals surface area contributed by atoms with E-state index in [1.165, 1.54) is 6.21 Å². The summed E-state index contributed by atoms with van der Waals surface area (Å²) in [5.41, 5.74) is 10.7. The van der Waals surface area contributed by atoms with E-state index in [1.54, 1.807) is 13.2 Å². The average Bonchev–Trinajstić information content (AvgIpc) is 3.14. The largest absolute Gasteiger partial charge is 0.493 e. The van der Waals surface area contributed by atoms with Gasteiger partial charge in [0.05, 0.1) is 19.0 Å². The molecule has 0 saturated heterocycles. The molecule has 0 radical (unpaired) electrons. The van der Waals surface area contributed by atoms with Crippen LogP contribution in [0.2, 0.25) is 0 Å². The van der Waals surface area contributed by atoms with E-state index >= 15 is 0 Å². The summed E-state index contributed by atoms with van der Waals surface area (Å²) in [5.74, 6) is 0.882. The first-order chi connectivity index (χ1) is 14.1. The standard InChI is InChI=1S/C21H22N4O3S/c1-3-16-19(29-21(22)24-16)20(26)25-23-12-15-9-10-17(18(11-15)27-2)28-13-14-7-5-4-6-8-14/h4-12H,3,13H2,1-2H3,(H2,22,24)(H,25,26)/b23-12-. The van der Waals surface area contributed by atoms with Crippen LogP contribution in [0.5, 0.6) is 11.5 Å². The molecule has 1 aromatic heterocycles. The number of amides is 1. The molecule has 0 saturated carbocycles. The molecule has 150 valence electrons. The Morgan fingerprint density at radius 2 is 2.03 bits per heavy atom. The van der Waals surface area contributed by atoms with Crippen LogP contribution in [0.1, 0.15) is 33.4 Å². The second-order valence-electron chi connectivity index (χ2n) is 6.07. The van der Waals surface area contributed by atoms with Gasteiger partial charge in [-0.1, -0.05) is 48.6 Å². The molecule has 0 bridgehead atoms. The normalized spacial score (nSPS) is 10.8. The number of nitrogens with zero attached hydrogens (tertiary/aromatic N) is 2. The molecule has 0 spiro atoms. The Morgan fingerprint density at radius 1 is 1.24 bits per heavy atom. The molecule has 0 atom stereocenters. The molecule has 3 N–H and O–H groups in total. The smallest absolute Gasteiger partial charge is 0.283 e. The Balaban J connectivity index is 1.64. The summed E-state index contributed by atoms with van der Waals surface area (Å²) in [6.07, 6.45) is 2.17. The highest BCUT2D eigenvalue weighted by Gasteiger charge is 2.15. The quantitative estimate of drug-likeness (QED) is 0.436. The second-order valence-corrected chi connectivity index (χ2v) is 7.10. The number of thiazole rings is 1. The zero-order chi connectivity index (χ0) is 20.6. The van der Waals surface area contributed by atoms with Gasteiger partial charge in [-0.3, -0.25) is 4.79 Å². The predicted molar refractivity (Wildman–Crippen MR) is 115 cm³/mol. The van der Waals surface area contributed by atoms with Gasteiger partial charge in [-0.25, -0.2) is 10.4 Å². The van der Waals surface area contributed by atoms with Crippen LogP contribution in [0.4, 0.5) is 5.13 Å². The summed E-state index contributed by atoms with van der Waals surface area (Å²) in [5, 5.41) is 4.39. The Labute approximate surface area is 173 Å². The molecule has 2 aromatic carbocycles. The monoisotopic (exact) mass is 410 g/mol. The number of aromatic nitrogens is 1. The number of nitrogen functional groups attached to an aromatic ring is 1. The van der Waals surface area contributed by atoms with Crippen molar-refractivity contribution in [1.29, 1.82) is 0 Å². The van der Waals surface area contributed by atoms with Crippen molar-refractivity contribution in [3.05, 3.63) is 70.2 Å². The van der Waals surface area contributed by atoms with E-state index in [1.807, 2.05) is 49.4 Å². The molecule has 0 aliphatic rings. The molecule has 1 heterocycles. The number of aryl methyl sites for hydroxylation is 1. The molecule has 0 aliphatic heterocycles. The fourth-order valence-corrected chi connectivity index (χ4v) is 3.43. The average molecular weight is 410 g/mol. The maximum atomic E-state index is 12.3. The minimum absolute atomic E-state index is 0.331. The fourth-order valence-electron chi connectivity index (χ4n) is 2.62. The van der Waals surface area contributed by atoms with Crippen molar-refractivity contribution >= 4 is 28.6 Å². The number of carbonyl (C=O) groups is 1. The molecule has 8 heteroatoms. The number of hydrogen-bond acceptors (Lipinski definition) is 7. The summed E-state index contributed by atoms with van der Waals surface area (Å²) < 4.78 is 11.3. The lowest BCUT2D eigenvalue weighted by Crippen LogP contribution is -2.17. The lowest BCUT2D eigenvalue weighted by Gasteiger charge is -2.11. The first-order valence-electron chi connectivity index (χ1n) is 9.04. The van der Waals surface area contributed by atoms with Crippen molar-refractivity contribution in [3.63, 3.8) is 0 Å². The van der Waals surface area contributed by atoms with E-state index in [-0.39, 0.29) is 5.91 Å². The molecule has 0 unspecified atom stereocenters. The molecule has 7 nitrogen and oxygen atoms in total. The van der Waals surface area contributed by atoms with E-state index in [0.29, 0.717) is 40.2 Å². The molecule has 29 heavy (non-hydrogen) atoms. The summed E-state index contributed by atoms with van der Waals surface area (Å²) in [4.78, 5) is 16.9. The van der Waals surface area contributed by atoms with E-state index in [2.05, 4.69) is 15.5 Å². The SMILES string of the molecule is CCc1nc(N)sc1C(=O)N/N=C\c1ccc(OCc2ccccc2)c(OC)c1. The van der Waals surface area contributed by atoms with Crippen LogP contribution >= 0.6 is 11.3 Å². The molecule has 3 aromatic rings. The van der Waals surface area contributed by atoms with Gasteiger partial charge >= 0.3 is 0 Å². The minimum atomic E-state index is -0.331. The summed E-state index contributed by atoms with van der Waals surface area (Å²) >= 11 is 1.15. The van der Waals surface area contributed by atoms with Crippen molar-refractivity contribution in [3.8, 4) is 11.5 Å². The van der Waals surface area contributed by atoms with Gasteiger partial charge in [-0.15, -0.1) is 0 Å². The highest BCUT2D eigenvalue weighted by atomic mass is 32.1. The second kappa shape index (κ2) is 9.70. The third-order valence-corrected chi connectivity index (χ3v) is 4.99. The predicted octanol–water partition coefficient (Wildman–Crippen LogP) is 3.64. The molecular formula is C21H22N4O3S. The van der Waals surface area contributed by atoms with Crippen LogP contribution in [0.25, 0.3) is 0 Å². The molecule has 1 amide bonds. The number of ether oxygens (including phenoxy) is 2. The van der Waals surface area contributed by atoms with Gasteiger partial charge in [0, 0.05) is 0 Å². The molecular weight excluding hydrogens is 388 g/mol. The van der Waals surface area contributed by atoms with E-state index in [9.17, 15) is 4.79 Å². The number of nitrogens with one attached hydrogen (secondary N) is 1. The Bertz CT molecular complexity index is 1000. The zero-order valence-electron chi connectivity index (χ0n) is 16.2. The molecule has 0 fully saturated rings. The number of anilines is 1. The fraction of sp³-hybridized carbons (Fsp3) is 0.190. The van der Waals surface area contributed by atoms with E-state index < -0.39 is 0 Å². The van der Waals surface area contributed by atoms with Crippen LogP contribution in [-0.4, -0.2) is 24.2 Å². The third kappa shape index (κ3) is 5.32. The van der Waals surface area contributed by atoms with E-state index in [4.69, 9.17) is 15.2 Å². The van der Waals surface area contributed by atoms with Crippen molar-refractivity contribution in [2.24, 2.45) is 5.10 Å². The summed E-state index contributed by atoms with van der Waals surface area (Å²) in [6, 6.07) is 15.3. The first-order valence-corrected chi connectivity index (χ1v) is 9.85. The third-order valence-electron chi connectivity index (χ3n) is 4.06. The van der Waals surface area contributed by atoms with Crippen molar-refractivity contribution in [2.45, 2.75) is 20.0 Å². The van der Waals surface area contributed by atoms with Crippen molar-refractivity contribution < 1.29 is 14.3 Å². The highest BCUT2D eigenvalue weighted by molar-refractivity contribution is 7.17. The van der Waals surface area contributed by atoms with Crippen LogP contribution in [0, 0.1) is 0 Å². The number of hydrazone groups is 1. The maximum Gasteiger partial charge on any atom is 0.283 e. The minimum Gasteiger partial charge on any atom is -0.493 e. The summed E-state index contributed by atoms with van der Waals surface area (Å²) in [6.45, 7) is 2.36. The number of methoxy groups -OCH3 is 1. The zero-order valence-corrected chi connectivity index (χ0v) is 17.0. The number of nitrogens with two attached hydrogens (primary N) is 1. The van der Waals surface area contributed by atoms with Crippen LogP contribution in [-0.2, 0) is 13.0 Å². The first kappa shape index (κ1) is 20.3.